The molecule has 2 atom stereocenters. The normalized spacial score (nSPS) is 12.4. The fourth-order valence-corrected chi connectivity index (χ4v) is 12.4. The number of nitrogens with one attached hydrogen (secondary N) is 1. The molecule has 0 saturated heterocycles. The molecular formula is C75H149NO5. The maximum absolute atomic E-state index is 12.5. The van der Waals surface area contributed by atoms with Gasteiger partial charge >= 0.3 is 5.97 Å². The molecule has 0 aliphatic rings. The second-order valence-corrected chi connectivity index (χ2v) is 26.4. The Labute approximate surface area is 508 Å². The first-order valence-electron chi connectivity index (χ1n) is 37.8. The summed E-state index contributed by atoms with van der Waals surface area (Å²) < 4.78 is 5.51. The van der Waals surface area contributed by atoms with Gasteiger partial charge in [-0.2, -0.15) is 0 Å². The fraction of sp³-hybridized carbons (Fsp3) is 0.973. The van der Waals surface area contributed by atoms with Crippen molar-refractivity contribution in [1.29, 1.82) is 0 Å². The second kappa shape index (κ2) is 71.3. The van der Waals surface area contributed by atoms with Gasteiger partial charge in [-0.25, -0.2) is 0 Å². The number of ether oxygens (including phenoxy) is 1. The van der Waals surface area contributed by atoms with Gasteiger partial charge in [0.05, 0.1) is 25.4 Å². The first-order valence-corrected chi connectivity index (χ1v) is 37.8. The van der Waals surface area contributed by atoms with Crippen LogP contribution in [0.2, 0.25) is 0 Å². The van der Waals surface area contributed by atoms with Crippen LogP contribution in [0.15, 0.2) is 0 Å². The van der Waals surface area contributed by atoms with E-state index in [0.29, 0.717) is 25.9 Å². The molecule has 0 saturated carbocycles. The minimum absolute atomic E-state index is 0.0257. The van der Waals surface area contributed by atoms with Gasteiger partial charge in [-0.05, 0) is 25.7 Å². The molecule has 0 bridgehead atoms. The Balaban J connectivity index is 3.29. The summed E-state index contributed by atoms with van der Waals surface area (Å²) in [4.78, 5) is 24.6. The van der Waals surface area contributed by atoms with E-state index in [0.717, 1.165) is 38.5 Å². The number of aliphatic hydroxyl groups is 2. The SMILES string of the molecule is CCCCCCCCCCCCCCCCCCC(O)C(CO)NC(=O)CCCCCCCCCCCCCCCCCCCCCCCCCCCCCCCCCCCOC(=O)CCCCCCCCCCCCCCCCC. The largest absolute Gasteiger partial charge is 0.466 e. The standard InChI is InChI=1S/C75H149NO5/c1-3-5-7-9-11-13-15-17-19-40-43-47-51-55-59-63-67-73(78)72(71-77)76-74(79)68-64-60-56-52-48-44-41-37-35-33-31-29-27-25-23-21-20-22-24-26-28-30-32-34-36-38-42-46-50-54-58-62-66-70-81-75(80)69-65-61-57-53-49-45-39-18-16-14-12-10-8-6-4-2/h72-73,77-78H,3-71H2,1-2H3,(H,76,79). The maximum atomic E-state index is 12.5. The number of aliphatic hydroxyl groups excluding tert-OH is 2. The van der Waals surface area contributed by atoms with Crippen molar-refractivity contribution in [3.63, 3.8) is 0 Å². The zero-order chi connectivity index (χ0) is 58.5. The van der Waals surface area contributed by atoms with Crippen molar-refractivity contribution in [2.24, 2.45) is 0 Å². The van der Waals surface area contributed by atoms with E-state index in [4.69, 9.17) is 4.74 Å². The number of carbonyl (C=O) groups excluding carboxylic acids is 2. The van der Waals surface area contributed by atoms with E-state index in [1.165, 1.54) is 372 Å². The summed E-state index contributed by atoms with van der Waals surface area (Å²) in [5, 5.41) is 23.4. The Kier molecular flexibility index (Phi) is 70.3. The molecule has 0 aliphatic carbocycles. The molecule has 0 aromatic carbocycles. The van der Waals surface area contributed by atoms with Gasteiger partial charge in [0, 0.05) is 12.8 Å². The summed E-state index contributed by atoms with van der Waals surface area (Å²) in [6.45, 7) is 5.01. The molecule has 0 aromatic heterocycles. The highest BCUT2D eigenvalue weighted by Crippen LogP contribution is 2.20. The Morgan fingerprint density at radius 2 is 0.506 bits per heavy atom. The van der Waals surface area contributed by atoms with Crippen molar-refractivity contribution < 1.29 is 24.5 Å². The van der Waals surface area contributed by atoms with Crippen LogP contribution < -0.4 is 5.32 Å². The van der Waals surface area contributed by atoms with Crippen LogP contribution in [0.25, 0.3) is 0 Å². The molecule has 0 aliphatic heterocycles. The maximum Gasteiger partial charge on any atom is 0.305 e. The van der Waals surface area contributed by atoms with Crippen molar-refractivity contribution in [1.82, 2.24) is 5.32 Å². The van der Waals surface area contributed by atoms with E-state index in [9.17, 15) is 19.8 Å². The van der Waals surface area contributed by atoms with Gasteiger partial charge < -0.3 is 20.3 Å². The quantitative estimate of drug-likeness (QED) is 0.0417. The zero-order valence-electron chi connectivity index (χ0n) is 55.6. The number of rotatable bonds is 72. The Morgan fingerprint density at radius 3 is 0.753 bits per heavy atom. The fourth-order valence-electron chi connectivity index (χ4n) is 12.4. The van der Waals surface area contributed by atoms with E-state index in [-0.39, 0.29) is 18.5 Å². The van der Waals surface area contributed by atoms with Gasteiger partial charge in [0.25, 0.3) is 0 Å². The lowest BCUT2D eigenvalue weighted by atomic mass is 10.0. The van der Waals surface area contributed by atoms with Crippen LogP contribution in [0.5, 0.6) is 0 Å². The molecular weight excluding hydrogens is 995 g/mol. The Hall–Kier alpha value is -1.14. The molecule has 3 N–H and O–H groups in total. The zero-order valence-corrected chi connectivity index (χ0v) is 55.6. The van der Waals surface area contributed by atoms with Crippen LogP contribution in [0.3, 0.4) is 0 Å². The summed E-state index contributed by atoms with van der Waals surface area (Å²) in [7, 11) is 0. The first kappa shape index (κ1) is 79.9. The first-order chi connectivity index (χ1) is 40.0. The van der Waals surface area contributed by atoms with Crippen molar-refractivity contribution in [2.45, 2.75) is 456 Å². The lowest BCUT2D eigenvalue weighted by Gasteiger charge is -2.22. The van der Waals surface area contributed by atoms with Gasteiger partial charge in [0.1, 0.15) is 0 Å². The van der Waals surface area contributed by atoms with Gasteiger partial charge in [0.15, 0.2) is 0 Å². The Morgan fingerprint density at radius 1 is 0.296 bits per heavy atom. The molecule has 2 unspecified atom stereocenters. The molecule has 0 aromatic rings. The van der Waals surface area contributed by atoms with E-state index in [1.54, 1.807) is 0 Å². The smallest absolute Gasteiger partial charge is 0.305 e. The van der Waals surface area contributed by atoms with E-state index < -0.39 is 12.1 Å². The van der Waals surface area contributed by atoms with Gasteiger partial charge in [-0.3, -0.25) is 9.59 Å². The van der Waals surface area contributed by atoms with Gasteiger partial charge in [-0.1, -0.05) is 406 Å². The van der Waals surface area contributed by atoms with Crippen LogP contribution in [0, 0.1) is 0 Å². The summed E-state index contributed by atoms with van der Waals surface area (Å²) >= 11 is 0. The molecule has 81 heavy (non-hydrogen) atoms. The predicted molar refractivity (Wildman–Crippen MR) is 357 cm³/mol. The van der Waals surface area contributed by atoms with E-state index >= 15 is 0 Å². The van der Waals surface area contributed by atoms with Gasteiger partial charge in [0.2, 0.25) is 5.91 Å². The monoisotopic (exact) mass is 1140 g/mol. The highest BCUT2D eigenvalue weighted by Gasteiger charge is 2.20. The van der Waals surface area contributed by atoms with Crippen molar-refractivity contribution in [2.75, 3.05) is 13.2 Å². The van der Waals surface area contributed by atoms with Crippen LogP contribution in [0.1, 0.15) is 444 Å². The molecule has 0 heterocycles. The number of hydrogen-bond donors (Lipinski definition) is 3. The molecule has 0 spiro atoms. The van der Waals surface area contributed by atoms with Crippen LogP contribution >= 0.6 is 0 Å². The number of amides is 1. The second-order valence-electron chi connectivity index (χ2n) is 26.4. The van der Waals surface area contributed by atoms with Crippen LogP contribution in [0.4, 0.5) is 0 Å². The summed E-state index contributed by atoms with van der Waals surface area (Å²) in [5.41, 5.74) is 0. The minimum atomic E-state index is -0.660. The average molecular weight is 1150 g/mol. The number of unbranched alkanes of at least 4 members (excludes halogenated alkanes) is 61. The summed E-state index contributed by atoms with van der Waals surface area (Å²) in [5.74, 6) is 0.000233. The van der Waals surface area contributed by atoms with E-state index in [1.807, 2.05) is 0 Å². The number of esters is 1. The van der Waals surface area contributed by atoms with Crippen molar-refractivity contribution in [3.05, 3.63) is 0 Å². The number of carbonyl (C=O) groups is 2. The summed E-state index contributed by atoms with van der Waals surface area (Å²) in [6.07, 6.45) is 87.5. The number of hydrogen-bond acceptors (Lipinski definition) is 5. The lowest BCUT2D eigenvalue weighted by molar-refractivity contribution is -0.143. The van der Waals surface area contributed by atoms with Crippen LogP contribution in [-0.2, 0) is 14.3 Å². The topological polar surface area (TPSA) is 95.9 Å². The highest BCUT2D eigenvalue weighted by atomic mass is 16.5. The third-order valence-corrected chi connectivity index (χ3v) is 18.2. The molecule has 6 nitrogen and oxygen atoms in total. The highest BCUT2D eigenvalue weighted by molar-refractivity contribution is 5.76. The van der Waals surface area contributed by atoms with Gasteiger partial charge in [-0.15, -0.1) is 0 Å². The molecule has 6 heteroatoms. The molecule has 0 rings (SSSR count). The third-order valence-electron chi connectivity index (χ3n) is 18.2. The lowest BCUT2D eigenvalue weighted by Crippen LogP contribution is -2.45. The predicted octanol–water partition coefficient (Wildman–Crippen LogP) is 24.5. The molecule has 1 amide bonds. The molecule has 0 radical (unpaired) electrons. The minimum Gasteiger partial charge on any atom is -0.466 e. The third kappa shape index (κ3) is 67.9. The van der Waals surface area contributed by atoms with Crippen LogP contribution in [-0.4, -0.2) is 47.4 Å². The average Bonchev–Trinajstić information content (AvgIpc) is 3.47. The molecule has 0 fully saturated rings. The van der Waals surface area contributed by atoms with E-state index in [2.05, 4.69) is 19.2 Å². The molecule has 484 valence electrons. The van der Waals surface area contributed by atoms with Crippen molar-refractivity contribution >= 4 is 11.9 Å². The summed E-state index contributed by atoms with van der Waals surface area (Å²) in [6, 6.07) is -0.537. The Bertz CT molecular complexity index is 1180. The van der Waals surface area contributed by atoms with Crippen molar-refractivity contribution in [3.8, 4) is 0 Å².